The van der Waals surface area contributed by atoms with Crippen LogP contribution < -0.4 is 0 Å². The smallest absolute Gasteiger partial charge is 0.334 e. The van der Waals surface area contributed by atoms with Gasteiger partial charge in [0.1, 0.15) is 17.8 Å². The third-order valence-electron chi connectivity index (χ3n) is 5.25. The van der Waals surface area contributed by atoms with Crippen molar-refractivity contribution in [1.82, 2.24) is 0 Å². The Morgan fingerprint density at radius 3 is 2.64 bits per heavy atom. The molecule has 0 aromatic carbocycles. The first-order chi connectivity index (χ1) is 11.6. The number of allylic oxidation sites excluding steroid dienone is 1. The molecule has 25 heavy (non-hydrogen) atoms. The molecule has 0 aromatic heterocycles. The van der Waals surface area contributed by atoms with Gasteiger partial charge in [-0.25, -0.2) is 9.59 Å². The fourth-order valence-electron chi connectivity index (χ4n) is 3.98. The van der Waals surface area contributed by atoms with Crippen LogP contribution >= 0.6 is 0 Å². The van der Waals surface area contributed by atoms with Gasteiger partial charge in [0.25, 0.3) is 0 Å². The lowest BCUT2D eigenvalue weighted by atomic mass is 9.75. The molecule has 1 heterocycles. The van der Waals surface area contributed by atoms with Crippen molar-refractivity contribution < 1.29 is 29.0 Å². The highest BCUT2D eigenvalue weighted by atomic mass is 16.6. The van der Waals surface area contributed by atoms with Crippen LogP contribution in [0.1, 0.15) is 20.3 Å². The molecule has 6 heteroatoms. The topological polar surface area (TPSA) is 89.9 Å². The summed E-state index contributed by atoms with van der Waals surface area (Å²) < 4.78 is 10.9. The molecule has 3 aliphatic rings. The zero-order valence-electron chi connectivity index (χ0n) is 14.2. The molecule has 0 spiro atoms. The number of hydrogen-bond donors (Lipinski definition) is 1. The van der Waals surface area contributed by atoms with E-state index in [4.69, 9.17) is 9.47 Å². The largest absolute Gasteiger partial charge is 0.458 e. The van der Waals surface area contributed by atoms with E-state index in [9.17, 15) is 19.5 Å². The zero-order chi connectivity index (χ0) is 18.7. The van der Waals surface area contributed by atoms with Gasteiger partial charge in [-0.3, -0.25) is 4.79 Å². The van der Waals surface area contributed by atoms with E-state index >= 15 is 0 Å². The maximum absolute atomic E-state index is 12.4. The highest BCUT2D eigenvalue weighted by molar-refractivity contribution is 6.00. The molecule has 0 amide bonds. The van der Waals surface area contributed by atoms with Crippen molar-refractivity contribution in [3.8, 4) is 0 Å². The quantitative estimate of drug-likeness (QED) is 0.463. The molecule has 0 aromatic rings. The molecule has 1 saturated carbocycles. The highest BCUT2D eigenvalue weighted by Gasteiger charge is 2.64. The molecular formula is C19H20O6. The summed E-state index contributed by atoms with van der Waals surface area (Å²) in [5.41, 5.74) is -0.573. The van der Waals surface area contributed by atoms with Gasteiger partial charge in [0.2, 0.25) is 0 Å². The van der Waals surface area contributed by atoms with E-state index in [1.54, 1.807) is 6.92 Å². The van der Waals surface area contributed by atoms with E-state index < -0.39 is 41.6 Å². The summed E-state index contributed by atoms with van der Waals surface area (Å²) in [5, 5.41) is 11.3. The minimum Gasteiger partial charge on any atom is -0.458 e. The number of carbonyl (C=O) groups is 3. The normalized spacial score (nSPS) is 37.0. The van der Waals surface area contributed by atoms with Crippen LogP contribution in [0.2, 0.25) is 0 Å². The predicted octanol–water partition coefficient (Wildman–Crippen LogP) is 1.41. The van der Waals surface area contributed by atoms with Gasteiger partial charge < -0.3 is 14.6 Å². The number of esters is 2. The Kier molecular flexibility index (Phi) is 3.84. The maximum atomic E-state index is 12.4. The lowest BCUT2D eigenvalue weighted by molar-refractivity contribution is -0.159. The second kappa shape index (κ2) is 5.52. The van der Waals surface area contributed by atoms with Crippen molar-refractivity contribution in [2.75, 3.05) is 0 Å². The Morgan fingerprint density at radius 1 is 1.40 bits per heavy atom. The van der Waals surface area contributed by atoms with Crippen LogP contribution in [0, 0.1) is 11.8 Å². The molecule has 2 fully saturated rings. The van der Waals surface area contributed by atoms with Crippen LogP contribution in [-0.4, -0.2) is 40.6 Å². The molecule has 1 saturated heterocycles. The summed E-state index contributed by atoms with van der Waals surface area (Å²) >= 11 is 0. The van der Waals surface area contributed by atoms with Gasteiger partial charge in [0, 0.05) is 17.6 Å². The number of aliphatic hydroxyl groups is 1. The number of fused-ring (bicyclic) bond motifs is 3. The Balaban J connectivity index is 2.10. The molecule has 1 N–H and O–H groups in total. The standard InChI is InChI=1S/C19H20O6/c1-8(2)17(21)24-13-6-9(3)15-12(20)7-10(4)19(15,23)16-14(13)11(5)18(22)25-16/h7,13-16,23H,1,3,5-6H2,2,4H3/t13-,14+,15?,16-,19-/m0/s1. The highest BCUT2D eigenvalue weighted by Crippen LogP contribution is 2.52. The van der Waals surface area contributed by atoms with Crippen LogP contribution in [-0.2, 0) is 23.9 Å². The maximum Gasteiger partial charge on any atom is 0.334 e. The molecule has 0 radical (unpaired) electrons. The lowest BCUT2D eigenvalue weighted by Crippen LogP contribution is -2.52. The van der Waals surface area contributed by atoms with Gasteiger partial charge in [-0.15, -0.1) is 0 Å². The van der Waals surface area contributed by atoms with Crippen molar-refractivity contribution >= 4 is 17.7 Å². The van der Waals surface area contributed by atoms with E-state index in [1.807, 2.05) is 0 Å². The Labute approximate surface area is 145 Å². The summed E-state index contributed by atoms with van der Waals surface area (Å²) in [6.07, 6.45) is -0.421. The van der Waals surface area contributed by atoms with Crippen molar-refractivity contribution in [1.29, 1.82) is 0 Å². The van der Waals surface area contributed by atoms with Crippen molar-refractivity contribution in [3.05, 3.63) is 48.1 Å². The number of ketones is 1. The second-order valence-electron chi connectivity index (χ2n) is 6.95. The Bertz CT molecular complexity index is 773. The summed E-state index contributed by atoms with van der Waals surface area (Å²) in [5.74, 6) is -3.30. The first-order valence-electron chi connectivity index (χ1n) is 7.98. The zero-order valence-corrected chi connectivity index (χ0v) is 14.2. The molecule has 5 atom stereocenters. The van der Waals surface area contributed by atoms with Gasteiger partial charge >= 0.3 is 11.9 Å². The second-order valence-corrected chi connectivity index (χ2v) is 6.95. The lowest BCUT2D eigenvalue weighted by Gasteiger charge is -2.36. The minimum absolute atomic E-state index is 0.110. The summed E-state index contributed by atoms with van der Waals surface area (Å²) in [6.45, 7) is 14.3. The summed E-state index contributed by atoms with van der Waals surface area (Å²) in [6, 6.07) is 0. The number of hydrogen-bond acceptors (Lipinski definition) is 6. The van der Waals surface area contributed by atoms with Gasteiger partial charge in [0.15, 0.2) is 5.78 Å². The first kappa shape index (κ1) is 17.4. The van der Waals surface area contributed by atoms with E-state index in [1.165, 1.54) is 13.0 Å². The fraction of sp³-hybridized carbons (Fsp3) is 0.421. The third-order valence-corrected chi connectivity index (χ3v) is 5.25. The summed E-state index contributed by atoms with van der Waals surface area (Å²) in [4.78, 5) is 36.5. The van der Waals surface area contributed by atoms with Crippen LogP contribution in [0.3, 0.4) is 0 Å². The van der Waals surface area contributed by atoms with Crippen LogP contribution in [0.4, 0.5) is 0 Å². The van der Waals surface area contributed by atoms with Gasteiger partial charge in [-0.05, 0) is 25.5 Å². The van der Waals surface area contributed by atoms with Crippen LogP contribution in [0.5, 0.6) is 0 Å². The molecule has 2 aliphatic carbocycles. The van der Waals surface area contributed by atoms with E-state index in [0.29, 0.717) is 11.1 Å². The van der Waals surface area contributed by atoms with Crippen LogP contribution in [0.25, 0.3) is 0 Å². The number of rotatable bonds is 2. The third kappa shape index (κ3) is 2.32. The van der Waals surface area contributed by atoms with Crippen molar-refractivity contribution in [2.24, 2.45) is 11.8 Å². The molecule has 0 bridgehead atoms. The monoisotopic (exact) mass is 344 g/mol. The van der Waals surface area contributed by atoms with Gasteiger partial charge in [-0.2, -0.15) is 0 Å². The van der Waals surface area contributed by atoms with Gasteiger partial charge in [-0.1, -0.05) is 25.3 Å². The Morgan fingerprint density at radius 2 is 2.04 bits per heavy atom. The minimum atomic E-state index is -1.71. The Hall–Kier alpha value is -2.47. The van der Waals surface area contributed by atoms with E-state index in [2.05, 4.69) is 19.7 Å². The molecule has 132 valence electrons. The van der Waals surface area contributed by atoms with Gasteiger partial charge in [0.05, 0.1) is 11.8 Å². The SMILES string of the molecule is C=C(C)C(=O)O[C@H]1CC(=C)C2C(=O)C=C(C)[C@@]2(O)[C@H]2OC(=O)C(=C)[C@H]12. The molecule has 3 rings (SSSR count). The number of ether oxygens (including phenoxy) is 2. The molecule has 1 unspecified atom stereocenters. The van der Waals surface area contributed by atoms with E-state index in [0.717, 1.165) is 0 Å². The molecule has 6 nitrogen and oxygen atoms in total. The summed E-state index contributed by atoms with van der Waals surface area (Å²) in [7, 11) is 0. The predicted molar refractivity (Wildman–Crippen MR) is 88.2 cm³/mol. The molecule has 1 aliphatic heterocycles. The number of carbonyl (C=O) groups excluding carboxylic acids is 3. The van der Waals surface area contributed by atoms with Crippen molar-refractivity contribution in [3.63, 3.8) is 0 Å². The van der Waals surface area contributed by atoms with E-state index in [-0.39, 0.29) is 23.4 Å². The average Bonchev–Trinajstić information content (AvgIpc) is 2.90. The van der Waals surface area contributed by atoms with Crippen LogP contribution in [0.15, 0.2) is 48.1 Å². The van der Waals surface area contributed by atoms with Crippen molar-refractivity contribution in [2.45, 2.75) is 38.1 Å². The first-order valence-corrected chi connectivity index (χ1v) is 7.98. The fourth-order valence-corrected chi connectivity index (χ4v) is 3.98. The average molecular weight is 344 g/mol. The molecular weight excluding hydrogens is 324 g/mol.